The number of hydrogen-bond donors (Lipinski definition) is 1. The standard InChI is InChI=1S/C25H27N5O4/c1-32-21(14-29-9-11-33-12-10-29)16-34-20-6-4-18(5-7-20)22-15-30(19-3-2-8-26-13-19)24-23(22)25(31)28-17-27-24/h2-8,13,15,17,21H,9-12,14,16H2,1H3,(H,27,28,31). The Balaban J connectivity index is 1.35. The van der Waals surface area contributed by atoms with Gasteiger partial charge >= 0.3 is 0 Å². The molecule has 176 valence electrons. The van der Waals surface area contributed by atoms with E-state index in [2.05, 4.69) is 19.9 Å². The van der Waals surface area contributed by atoms with Crippen LogP contribution in [0, 0.1) is 0 Å². The van der Waals surface area contributed by atoms with E-state index < -0.39 is 0 Å². The van der Waals surface area contributed by atoms with Gasteiger partial charge in [0.25, 0.3) is 5.56 Å². The van der Waals surface area contributed by atoms with Gasteiger partial charge in [0.1, 0.15) is 18.5 Å². The van der Waals surface area contributed by atoms with E-state index in [0.717, 1.165) is 55.4 Å². The molecule has 0 bridgehead atoms. The van der Waals surface area contributed by atoms with E-state index in [1.807, 2.05) is 47.2 Å². The first kappa shape index (κ1) is 22.3. The third-order valence-electron chi connectivity index (χ3n) is 6.01. The van der Waals surface area contributed by atoms with Crippen LogP contribution in [0.4, 0.5) is 0 Å². The van der Waals surface area contributed by atoms with Gasteiger partial charge in [-0.1, -0.05) is 12.1 Å². The Morgan fingerprint density at radius 3 is 2.74 bits per heavy atom. The molecule has 1 fully saturated rings. The lowest BCUT2D eigenvalue weighted by Crippen LogP contribution is -2.43. The molecule has 9 nitrogen and oxygen atoms in total. The lowest BCUT2D eigenvalue weighted by molar-refractivity contribution is -0.0107. The van der Waals surface area contributed by atoms with Gasteiger partial charge in [0, 0.05) is 44.7 Å². The van der Waals surface area contributed by atoms with E-state index in [0.29, 0.717) is 17.6 Å². The summed E-state index contributed by atoms with van der Waals surface area (Å²) in [4.78, 5) is 26.3. The van der Waals surface area contributed by atoms with Gasteiger partial charge in [-0.2, -0.15) is 0 Å². The van der Waals surface area contributed by atoms with Crippen molar-refractivity contribution in [3.05, 3.63) is 71.7 Å². The molecular formula is C25H27N5O4. The van der Waals surface area contributed by atoms with Crippen LogP contribution >= 0.6 is 0 Å². The highest BCUT2D eigenvalue weighted by molar-refractivity contribution is 5.94. The second kappa shape index (κ2) is 10.2. The molecule has 1 unspecified atom stereocenters. The van der Waals surface area contributed by atoms with Gasteiger partial charge in [-0.15, -0.1) is 0 Å². The summed E-state index contributed by atoms with van der Waals surface area (Å²) in [7, 11) is 1.71. The Morgan fingerprint density at radius 2 is 2.00 bits per heavy atom. The van der Waals surface area contributed by atoms with E-state index in [9.17, 15) is 4.79 Å². The Hall–Kier alpha value is -3.53. The van der Waals surface area contributed by atoms with E-state index in [-0.39, 0.29) is 11.7 Å². The lowest BCUT2D eigenvalue weighted by atomic mass is 10.1. The fourth-order valence-electron chi connectivity index (χ4n) is 4.17. The molecule has 0 radical (unpaired) electrons. The first-order chi connectivity index (χ1) is 16.7. The summed E-state index contributed by atoms with van der Waals surface area (Å²) < 4.78 is 18.9. The summed E-state index contributed by atoms with van der Waals surface area (Å²) in [5.74, 6) is 0.746. The molecule has 1 saturated heterocycles. The molecule has 0 saturated carbocycles. The predicted molar refractivity (Wildman–Crippen MR) is 128 cm³/mol. The van der Waals surface area contributed by atoms with Crippen molar-refractivity contribution in [2.45, 2.75) is 6.10 Å². The number of ether oxygens (including phenoxy) is 3. The number of nitrogens with zero attached hydrogens (tertiary/aromatic N) is 4. The quantitative estimate of drug-likeness (QED) is 0.431. The third kappa shape index (κ3) is 4.72. The molecule has 5 rings (SSSR count). The maximum absolute atomic E-state index is 12.7. The Kier molecular flexibility index (Phi) is 6.66. The minimum atomic E-state index is -0.186. The van der Waals surface area contributed by atoms with Crippen LogP contribution in [0.15, 0.2) is 66.1 Å². The summed E-state index contributed by atoms with van der Waals surface area (Å²) in [6, 6.07) is 11.5. The van der Waals surface area contributed by atoms with Gasteiger partial charge in [-0.05, 0) is 29.8 Å². The summed E-state index contributed by atoms with van der Waals surface area (Å²) in [5.41, 5.74) is 2.92. The molecule has 1 N–H and O–H groups in total. The Morgan fingerprint density at radius 1 is 1.18 bits per heavy atom. The van der Waals surface area contributed by atoms with Crippen LogP contribution in [0.1, 0.15) is 0 Å². The van der Waals surface area contributed by atoms with Crippen LogP contribution in [0.2, 0.25) is 0 Å². The largest absolute Gasteiger partial charge is 0.491 e. The number of methoxy groups -OCH3 is 1. The molecule has 0 amide bonds. The summed E-state index contributed by atoms with van der Waals surface area (Å²) in [5, 5.41) is 0.532. The SMILES string of the molecule is COC(COc1ccc(-c2cn(-c3cccnc3)c3nc[nH]c(=O)c23)cc1)CN1CCOCC1. The molecule has 9 heteroatoms. The van der Waals surface area contributed by atoms with Crippen molar-refractivity contribution in [1.29, 1.82) is 0 Å². The maximum Gasteiger partial charge on any atom is 0.260 e. The van der Waals surface area contributed by atoms with Crippen LogP contribution in [-0.4, -0.2) is 77.1 Å². The fraction of sp³-hybridized carbons (Fsp3) is 0.320. The molecule has 3 aromatic heterocycles. The number of aromatic nitrogens is 4. The molecule has 1 aliphatic heterocycles. The molecule has 4 heterocycles. The van der Waals surface area contributed by atoms with Crippen LogP contribution < -0.4 is 10.3 Å². The molecule has 34 heavy (non-hydrogen) atoms. The molecule has 4 aromatic rings. The molecular weight excluding hydrogens is 434 g/mol. The highest BCUT2D eigenvalue weighted by atomic mass is 16.5. The van der Waals surface area contributed by atoms with Gasteiger partial charge in [-0.25, -0.2) is 4.98 Å². The van der Waals surface area contributed by atoms with Gasteiger partial charge in [0.2, 0.25) is 0 Å². The second-order valence-electron chi connectivity index (χ2n) is 8.16. The number of benzene rings is 1. The average molecular weight is 462 g/mol. The van der Waals surface area contributed by atoms with Gasteiger partial charge in [0.05, 0.1) is 36.8 Å². The normalized spacial score (nSPS) is 15.4. The van der Waals surface area contributed by atoms with Crippen molar-refractivity contribution in [2.75, 3.05) is 46.6 Å². The number of pyridine rings is 1. The van der Waals surface area contributed by atoms with Gasteiger partial charge < -0.3 is 19.2 Å². The van der Waals surface area contributed by atoms with E-state index in [1.54, 1.807) is 19.5 Å². The summed E-state index contributed by atoms with van der Waals surface area (Å²) in [6.45, 7) is 4.60. The number of aromatic amines is 1. The van der Waals surface area contributed by atoms with Crippen molar-refractivity contribution in [1.82, 2.24) is 24.4 Å². The minimum absolute atomic E-state index is 0.0279. The van der Waals surface area contributed by atoms with E-state index >= 15 is 0 Å². The summed E-state index contributed by atoms with van der Waals surface area (Å²) >= 11 is 0. The van der Waals surface area contributed by atoms with Crippen molar-refractivity contribution < 1.29 is 14.2 Å². The lowest BCUT2D eigenvalue weighted by Gasteiger charge is -2.29. The Labute approximate surface area is 196 Å². The molecule has 1 aliphatic rings. The topological polar surface area (TPSA) is 94.5 Å². The number of nitrogens with one attached hydrogen (secondary N) is 1. The fourth-order valence-corrected chi connectivity index (χ4v) is 4.17. The van der Waals surface area contributed by atoms with Crippen LogP contribution in [0.5, 0.6) is 5.75 Å². The first-order valence-corrected chi connectivity index (χ1v) is 11.3. The summed E-state index contributed by atoms with van der Waals surface area (Å²) in [6.07, 6.45) is 6.76. The van der Waals surface area contributed by atoms with Crippen molar-refractivity contribution in [2.24, 2.45) is 0 Å². The second-order valence-corrected chi connectivity index (χ2v) is 8.16. The van der Waals surface area contributed by atoms with Crippen molar-refractivity contribution >= 4 is 11.0 Å². The van der Waals surface area contributed by atoms with Gasteiger partial charge in [0.15, 0.2) is 5.65 Å². The first-order valence-electron chi connectivity index (χ1n) is 11.3. The molecule has 1 atom stereocenters. The zero-order valence-corrected chi connectivity index (χ0v) is 19.0. The monoisotopic (exact) mass is 461 g/mol. The van der Waals surface area contributed by atoms with Crippen LogP contribution in [0.25, 0.3) is 27.8 Å². The molecule has 0 spiro atoms. The maximum atomic E-state index is 12.7. The number of morpholine rings is 1. The van der Waals surface area contributed by atoms with Crippen molar-refractivity contribution in [3.63, 3.8) is 0 Å². The average Bonchev–Trinajstić information content (AvgIpc) is 3.29. The Bertz CT molecular complexity index is 1280. The van der Waals surface area contributed by atoms with Crippen LogP contribution in [-0.2, 0) is 9.47 Å². The van der Waals surface area contributed by atoms with Gasteiger partial charge in [-0.3, -0.25) is 19.2 Å². The molecule has 0 aliphatic carbocycles. The van der Waals surface area contributed by atoms with Crippen LogP contribution in [0.3, 0.4) is 0 Å². The van der Waals surface area contributed by atoms with Crippen molar-refractivity contribution in [3.8, 4) is 22.6 Å². The number of H-pyrrole nitrogens is 1. The highest BCUT2D eigenvalue weighted by Crippen LogP contribution is 2.30. The highest BCUT2D eigenvalue weighted by Gasteiger charge is 2.18. The minimum Gasteiger partial charge on any atom is -0.491 e. The number of hydrogen-bond acceptors (Lipinski definition) is 7. The van der Waals surface area contributed by atoms with E-state index in [4.69, 9.17) is 14.2 Å². The predicted octanol–water partition coefficient (Wildman–Crippen LogP) is 2.50. The molecule has 1 aromatic carbocycles. The smallest absolute Gasteiger partial charge is 0.260 e. The number of fused-ring (bicyclic) bond motifs is 1. The zero-order valence-electron chi connectivity index (χ0n) is 19.0. The zero-order chi connectivity index (χ0) is 23.3. The third-order valence-corrected chi connectivity index (χ3v) is 6.01. The van der Waals surface area contributed by atoms with E-state index in [1.165, 1.54) is 6.33 Å². The number of rotatable bonds is 8.